The lowest BCUT2D eigenvalue weighted by Gasteiger charge is -2.12. The Kier molecular flexibility index (Phi) is 4.61. The SMILES string of the molecule is Cn1c(CC(N)=O)nc2ccc(NC(=O)c3ccccc3C(F)(F)F)cc21. The summed E-state index contributed by atoms with van der Waals surface area (Å²) in [5.41, 5.74) is 5.19. The summed E-state index contributed by atoms with van der Waals surface area (Å²) in [6.45, 7) is 0. The Morgan fingerprint density at radius 2 is 1.89 bits per heavy atom. The Hall–Kier alpha value is -3.36. The maximum Gasteiger partial charge on any atom is 0.417 e. The van der Waals surface area contributed by atoms with Gasteiger partial charge < -0.3 is 15.6 Å². The molecule has 0 aliphatic heterocycles. The van der Waals surface area contributed by atoms with Gasteiger partial charge in [-0.3, -0.25) is 9.59 Å². The number of carbonyl (C=O) groups is 2. The number of fused-ring (bicyclic) bond motifs is 1. The van der Waals surface area contributed by atoms with Crippen molar-refractivity contribution < 1.29 is 22.8 Å². The average molecular weight is 376 g/mol. The average Bonchev–Trinajstić information content (AvgIpc) is 2.89. The van der Waals surface area contributed by atoms with Gasteiger partial charge in [0, 0.05) is 12.7 Å². The fourth-order valence-electron chi connectivity index (χ4n) is 2.76. The molecule has 1 heterocycles. The van der Waals surface area contributed by atoms with E-state index >= 15 is 0 Å². The quantitative estimate of drug-likeness (QED) is 0.734. The van der Waals surface area contributed by atoms with Gasteiger partial charge in [-0.1, -0.05) is 12.1 Å². The van der Waals surface area contributed by atoms with Gasteiger partial charge in [-0.15, -0.1) is 0 Å². The lowest BCUT2D eigenvalue weighted by molar-refractivity contribution is -0.137. The molecule has 0 unspecified atom stereocenters. The number of nitrogens with zero attached hydrogens (tertiary/aromatic N) is 2. The number of amides is 2. The Labute approximate surface area is 151 Å². The molecule has 27 heavy (non-hydrogen) atoms. The number of imidazole rings is 1. The first-order chi connectivity index (χ1) is 12.7. The summed E-state index contributed by atoms with van der Waals surface area (Å²) in [7, 11) is 1.68. The van der Waals surface area contributed by atoms with Crippen molar-refractivity contribution in [3.63, 3.8) is 0 Å². The van der Waals surface area contributed by atoms with Crippen LogP contribution in [0, 0.1) is 0 Å². The minimum atomic E-state index is -4.64. The van der Waals surface area contributed by atoms with Gasteiger partial charge in [0.05, 0.1) is 28.6 Å². The van der Waals surface area contributed by atoms with E-state index < -0.39 is 29.1 Å². The van der Waals surface area contributed by atoms with Gasteiger partial charge in [0.2, 0.25) is 5.91 Å². The van der Waals surface area contributed by atoms with Crippen molar-refractivity contribution >= 4 is 28.5 Å². The Bertz CT molecular complexity index is 1040. The summed E-state index contributed by atoms with van der Waals surface area (Å²) >= 11 is 0. The van der Waals surface area contributed by atoms with E-state index in [1.165, 1.54) is 18.2 Å². The van der Waals surface area contributed by atoms with Crippen LogP contribution in [-0.4, -0.2) is 21.4 Å². The molecule has 2 aromatic carbocycles. The van der Waals surface area contributed by atoms with E-state index in [2.05, 4.69) is 10.3 Å². The number of halogens is 3. The molecular weight excluding hydrogens is 361 g/mol. The number of nitrogens with two attached hydrogens (primary N) is 1. The molecule has 2 amide bonds. The molecule has 6 nitrogen and oxygen atoms in total. The van der Waals surface area contributed by atoms with E-state index in [1.54, 1.807) is 23.7 Å². The largest absolute Gasteiger partial charge is 0.417 e. The normalized spacial score (nSPS) is 11.6. The topological polar surface area (TPSA) is 90.0 Å². The predicted octanol–water partition coefficient (Wildman–Crippen LogP) is 2.87. The highest BCUT2D eigenvalue weighted by molar-refractivity contribution is 6.06. The van der Waals surface area contributed by atoms with Crippen molar-refractivity contribution in [1.82, 2.24) is 9.55 Å². The molecule has 0 spiro atoms. The molecule has 3 N–H and O–H groups in total. The number of carbonyl (C=O) groups excluding carboxylic acids is 2. The maximum atomic E-state index is 13.1. The number of rotatable bonds is 4. The van der Waals surface area contributed by atoms with E-state index in [4.69, 9.17) is 5.73 Å². The summed E-state index contributed by atoms with van der Waals surface area (Å²) in [4.78, 5) is 27.7. The number of nitrogens with one attached hydrogen (secondary N) is 1. The van der Waals surface area contributed by atoms with Crippen LogP contribution in [0.5, 0.6) is 0 Å². The van der Waals surface area contributed by atoms with Gasteiger partial charge in [-0.2, -0.15) is 13.2 Å². The van der Waals surface area contributed by atoms with Gasteiger partial charge in [0.15, 0.2) is 0 Å². The molecule has 0 radical (unpaired) electrons. The third kappa shape index (κ3) is 3.76. The predicted molar refractivity (Wildman–Crippen MR) is 93.0 cm³/mol. The van der Waals surface area contributed by atoms with Crippen molar-refractivity contribution in [2.45, 2.75) is 12.6 Å². The Morgan fingerprint density at radius 3 is 2.56 bits per heavy atom. The molecule has 0 saturated heterocycles. The Balaban J connectivity index is 1.92. The first-order valence-electron chi connectivity index (χ1n) is 7.88. The van der Waals surface area contributed by atoms with Crippen LogP contribution in [0.15, 0.2) is 42.5 Å². The van der Waals surface area contributed by atoms with Crippen LogP contribution in [0.4, 0.5) is 18.9 Å². The lowest BCUT2D eigenvalue weighted by atomic mass is 10.1. The van der Waals surface area contributed by atoms with Gasteiger partial charge >= 0.3 is 6.18 Å². The van der Waals surface area contributed by atoms with Crippen LogP contribution in [0.3, 0.4) is 0 Å². The second-order valence-electron chi connectivity index (χ2n) is 5.93. The number of hydrogen-bond donors (Lipinski definition) is 2. The summed E-state index contributed by atoms with van der Waals surface area (Å²) in [5, 5.41) is 2.47. The molecule has 0 aliphatic rings. The van der Waals surface area contributed by atoms with Gasteiger partial charge in [-0.05, 0) is 30.3 Å². The number of alkyl halides is 3. The molecule has 3 rings (SSSR count). The van der Waals surface area contributed by atoms with Crippen LogP contribution < -0.4 is 11.1 Å². The zero-order valence-electron chi connectivity index (χ0n) is 14.2. The van der Waals surface area contributed by atoms with E-state index in [0.29, 0.717) is 22.5 Å². The molecule has 3 aromatic rings. The Morgan fingerprint density at radius 1 is 1.19 bits per heavy atom. The molecule has 0 saturated carbocycles. The summed E-state index contributed by atoms with van der Waals surface area (Å²) in [6, 6.07) is 9.26. The standard InChI is InChI=1S/C18H15F3N4O2/c1-25-14-8-10(6-7-13(14)24-16(25)9-15(22)26)23-17(27)11-4-2-3-5-12(11)18(19,20)21/h2-8H,9H2,1H3,(H2,22,26)(H,23,27). The third-order valence-electron chi connectivity index (χ3n) is 4.04. The molecule has 0 bridgehead atoms. The monoisotopic (exact) mass is 376 g/mol. The van der Waals surface area contributed by atoms with Crippen LogP contribution in [0.1, 0.15) is 21.7 Å². The summed E-state index contributed by atoms with van der Waals surface area (Å²) in [5.74, 6) is -0.962. The number of aryl methyl sites for hydroxylation is 1. The summed E-state index contributed by atoms with van der Waals surface area (Å²) in [6.07, 6.45) is -4.69. The van der Waals surface area contributed by atoms with Crippen molar-refractivity contribution in [3.8, 4) is 0 Å². The second kappa shape index (κ2) is 6.75. The molecular formula is C18H15F3N4O2. The van der Waals surface area contributed by atoms with Crippen LogP contribution in [0.2, 0.25) is 0 Å². The molecule has 0 aliphatic carbocycles. The van der Waals surface area contributed by atoms with E-state index in [0.717, 1.165) is 12.1 Å². The molecule has 0 fully saturated rings. The van der Waals surface area contributed by atoms with Crippen molar-refractivity contribution in [2.75, 3.05) is 5.32 Å². The minimum absolute atomic E-state index is 0.0498. The van der Waals surface area contributed by atoms with Crippen molar-refractivity contribution in [3.05, 3.63) is 59.4 Å². The van der Waals surface area contributed by atoms with E-state index in [9.17, 15) is 22.8 Å². The van der Waals surface area contributed by atoms with Crippen molar-refractivity contribution in [2.24, 2.45) is 12.8 Å². The molecule has 9 heteroatoms. The number of benzene rings is 2. The number of hydrogen-bond acceptors (Lipinski definition) is 3. The second-order valence-corrected chi connectivity index (χ2v) is 5.93. The number of aromatic nitrogens is 2. The highest BCUT2D eigenvalue weighted by Crippen LogP contribution is 2.32. The minimum Gasteiger partial charge on any atom is -0.369 e. The third-order valence-corrected chi connectivity index (χ3v) is 4.04. The van der Waals surface area contributed by atoms with Crippen LogP contribution >= 0.6 is 0 Å². The maximum absolute atomic E-state index is 13.1. The first kappa shape index (κ1) is 18.4. The fraction of sp³-hybridized carbons (Fsp3) is 0.167. The van der Waals surface area contributed by atoms with Crippen LogP contribution in [-0.2, 0) is 24.4 Å². The fourth-order valence-corrected chi connectivity index (χ4v) is 2.76. The van der Waals surface area contributed by atoms with Gasteiger partial charge in [0.1, 0.15) is 5.82 Å². The zero-order valence-corrected chi connectivity index (χ0v) is 14.2. The van der Waals surface area contributed by atoms with E-state index in [-0.39, 0.29) is 6.42 Å². The highest BCUT2D eigenvalue weighted by Gasteiger charge is 2.34. The van der Waals surface area contributed by atoms with Crippen LogP contribution in [0.25, 0.3) is 11.0 Å². The molecule has 1 aromatic heterocycles. The highest BCUT2D eigenvalue weighted by atomic mass is 19.4. The first-order valence-corrected chi connectivity index (χ1v) is 7.88. The lowest BCUT2D eigenvalue weighted by Crippen LogP contribution is -2.18. The van der Waals surface area contributed by atoms with Crippen molar-refractivity contribution in [1.29, 1.82) is 0 Å². The zero-order chi connectivity index (χ0) is 19.8. The van der Waals surface area contributed by atoms with E-state index in [1.807, 2.05) is 0 Å². The van der Waals surface area contributed by atoms with Gasteiger partial charge in [-0.25, -0.2) is 4.98 Å². The molecule has 140 valence electrons. The van der Waals surface area contributed by atoms with Gasteiger partial charge in [0.25, 0.3) is 5.91 Å². The molecule has 0 atom stereocenters. The number of primary amides is 1. The summed E-state index contributed by atoms with van der Waals surface area (Å²) < 4.78 is 40.9. The smallest absolute Gasteiger partial charge is 0.369 e. The number of anilines is 1.